The maximum Gasteiger partial charge on any atom is 0.335 e. The van der Waals surface area contributed by atoms with Gasteiger partial charge in [0.25, 0.3) is 11.8 Å². The average molecular weight is 755 g/mol. The van der Waals surface area contributed by atoms with E-state index in [1.54, 1.807) is 25.3 Å². The van der Waals surface area contributed by atoms with E-state index in [1.807, 2.05) is 72.8 Å². The monoisotopic (exact) mass is 753 g/mol. The van der Waals surface area contributed by atoms with E-state index in [2.05, 4.69) is 50.4 Å². The Balaban J connectivity index is 1.21. The molecule has 8 nitrogen and oxygen atoms in total. The Kier molecular flexibility index (Phi) is 9.11. The second-order valence-corrected chi connectivity index (χ2v) is 14.2. The highest BCUT2D eigenvalue weighted by molar-refractivity contribution is 9.10. The number of halogens is 1. The summed E-state index contributed by atoms with van der Waals surface area (Å²) >= 11 is 3.46. The third-order valence-corrected chi connectivity index (χ3v) is 10.7. The molecule has 0 bridgehead atoms. The molecule has 0 aliphatic carbocycles. The molecular formula is C43H36BrN3O5. The van der Waals surface area contributed by atoms with Crippen molar-refractivity contribution in [3.63, 3.8) is 0 Å². The molecule has 1 N–H and O–H groups in total. The highest BCUT2D eigenvalue weighted by Gasteiger charge is 2.40. The summed E-state index contributed by atoms with van der Waals surface area (Å²) in [5, 5.41) is 2.44. The van der Waals surface area contributed by atoms with Gasteiger partial charge in [-0.1, -0.05) is 88.7 Å². The summed E-state index contributed by atoms with van der Waals surface area (Å²) in [7, 11) is 1.56. The van der Waals surface area contributed by atoms with E-state index in [4.69, 9.17) is 9.47 Å². The molecule has 52 heavy (non-hydrogen) atoms. The van der Waals surface area contributed by atoms with Crippen molar-refractivity contribution in [2.75, 3.05) is 30.0 Å². The number of anilines is 2. The first kappa shape index (κ1) is 33.5. The molecule has 1 saturated heterocycles. The molecule has 2 atom stereocenters. The lowest BCUT2D eigenvalue weighted by Gasteiger charge is -2.44. The second kappa shape index (κ2) is 14.2. The molecule has 0 radical (unpaired) electrons. The number of nitrogens with one attached hydrogen (secondary N) is 1. The molecule has 4 amide bonds. The van der Waals surface area contributed by atoms with Crippen molar-refractivity contribution in [1.82, 2.24) is 5.32 Å². The number of nitrogens with zero attached hydrogens (tertiary/aromatic N) is 2. The lowest BCUT2D eigenvalue weighted by molar-refractivity contribution is -0.122. The van der Waals surface area contributed by atoms with Gasteiger partial charge in [0.15, 0.2) is 0 Å². The van der Waals surface area contributed by atoms with Gasteiger partial charge in [-0.3, -0.25) is 14.9 Å². The Labute approximate surface area is 310 Å². The Morgan fingerprint density at radius 3 is 2.00 bits per heavy atom. The molecule has 9 heteroatoms. The van der Waals surface area contributed by atoms with E-state index in [0.29, 0.717) is 22.7 Å². The fourth-order valence-corrected chi connectivity index (χ4v) is 7.91. The van der Waals surface area contributed by atoms with E-state index < -0.39 is 17.8 Å². The van der Waals surface area contributed by atoms with Crippen molar-refractivity contribution < 1.29 is 23.9 Å². The van der Waals surface area contributed by atoms with Crippen LogP contribution in [0.1, 0.15) is 58.1 Å². The minimum atomic E-state index is -0.781. The molecule has 0 saturated carbocycles. The van der Waals surface area contributed by atoms with Gasteiger partial charge in [0.05, 0.1) is 12.8 Å². The lowest BCUT2D eigenvalue weighted by atomic mass is 9.76. The molecule has 1 fully saturated rings. The molecule has 3 heterocycles. The van der Waals surface area contributed by atoms with Crippen LogP contribution in [0.4, 0.5) is 16.2 Å². The molecule has 5 aromatic carbocycles. The highest BCUT2D eigenvalue weighted by atomic mass is 79.9. The zero-order valence-electron chi connectivity index (χ0n) is 28.6. The Morgan fingerprint density at radius 1 is 0.788 bits per heavy atom. The summed E-state index contributed by atoms with van der Waals surface area (Å²) in [5.74, 6) is -0.340. The highest BCUT2D eigenvalue weighted by Crippen LogP contribution is 2.50. The first-order valence-electron chi connectivity index (χ1n) is 17.4. The number of benzene rings is 5. The summed E-state index contributed by atoms with van der Waals surface area (Å²) < 4.78 is 12.6. The van der Waals surface area contributed by atoms with Gasteiger partial charge in [0.1, 0.15) is 23.7 Å². The third kappa shape index (κ3) is 6.37. The maximum absolute atomic E-state index is 14.4. The van der Waals surface area contributed by atoms with Crippen molar-refractivity contribution in [2.24, 2.45) is 0 Å². The van der Waals surface area contributed by atoms with Crippen molar-refractivity contribution in [3.05, 3.63) is 159 Å². The predicted octanol–water partition coefficient (Wildman–Crippen LogP) is 8.58. The van der Waals surface area contributed by atoms with E-state index in [1.165, 1.54) is 22.9 Å². The lowest BCUT2D eigenvalue weighted by Crippen LogP contribution is -2.54. The van der Waals surface area contributed by atoms with Gasteiger partial charge >= 0.3 is 6.03 Å². The van der Waals surface area contributed by atoms with Gasteiger partial charge in [0, 0.05) is 46.7 Å². The van der Waals surface area contributed by atoms with Crippen molar-refractivity contribution in [1.29, 1.82) is 0 Å². The van der Waals surface area contributed by atoms with E-state index in [0.717, 1.165) is 52.0 Å². The normalized spacial score (nSPS) is 19.0. The molecule has 0 aromatic heterocycles. The van der Waals surface area contributed by atoms with Crippen LogP contribution in [0, 0.1) is 0 Å². The molecule has 3 aliphatic heterocycles. The van der Waals surface area contributed by atoms with Crippen molar-refractivity contribution in [3.8, 4) is 11.5 Å². The number of methoxy groups -OCH3 is 1. The first-order chi connectivity index (χ1) is 25.4. The van der Waals surface area contributed by atoms with Crippen LogP contribution in [0.5, 0.6) is 11.5 Å². The minimum Gasteiger partial charge on any atom is -0.497 e. The van der Waals surface area contributed by atoms with Crippen molar-refractivity contribution >= 4 is 51.2 Å². The predicted molar refractivity (Wildman–Crippen MR) is 205 cm³/mol. The summed E-state index contributed by atoms with van der Waals surface area (Å²) in [5.41, 5.74) is 7.38. The summed E-state index contributed by atoms with van der Waals surface area (Å²) in [6.07, 6.45) is 3.29. The third-order valence-electron chi connectivity index (χ3n) is 10.2. The van der Waals surface area contributed by atoms with Gasteiger partial charge in [-0.05, 0) is 83.1 Å². The molecule has 260 valence electrons. The van der Waals surface area contributed by atoms with E-state index >= 15 is 0 Å². The molecule has 8 rings (SSSR count). The molecular weight excluding hydrogens is 718 g/mol. The van der Waals surface area contributed by atoms with Crippen LogP contribution in [-0.2, 0) is 16.2 Å². The number of urea groups is 1. The molecule has 0 spiro atoms. The number of hydrogen-bond donors (Lipinski definition) is 1. The van der Waals surface area contributed by atoms with Crippen LogP contribution in [0.25, 0.3) is 6.08 Å². The zero-order chi connectivity index (χ0) is 35.8. The van der Waals surface area contributed by atoms with Crippen LogP contribution < -0.4 is 24.6 Å². The topological polar surface area (TPSA) is 88.2 Å². The summed E-state index contributed by atoms with van der Waals surface area (Å²) in [4.78, 5) is 45.1. The van der Waals surface area contributed by atoms with Gasteiger partial charge < -0.3 is 14.4 Å². The Morgan fingerprint density at radius 2 is 1.40 bits per heavy atom. The standard InChI is InChI=1S/C43H36BrN3O5/c1-51-33-17-14-30(39(25-33)52-26-27-12-15-31(44)16-13-27)22-38-41(48)45-43(50)47(42(38)49)32-23-36-34(28-8-4-2-5-9-28)18-20-46-21-19-35(37(24-32)40(36)46)29-10-6-3-7-11-29/h2-17,22-25,34-35H,18-21,26H2,1H3,(H,45,48,50)/b38-22+/t34-,35-/m0/s1. The van der Waals surface area contributed by atoms with Crippen LogP contribution >= 0.6 is 15.9 Å². The first-order valence-corrected chi connectivity index (χ1v) is 18.2. The fraction of sp³-hybridized carbons (Fsp3) is 0.186. The smallest absolute Gasteiger partial charge is 0.335 e. The van der Waals surface area contributed by atoms with Crippen LogP contribution in [0.15, 0.2) is 125 Å². The number of ether oxygens (including phenoxy) is 2. The SMILES string of the molecule is COc1ccc(/C=C2\C(=O)NC(=O)N(c3cc4c5c(c3)[C@H](c3ccccc3)CCN5CC[C@H]4c3ccccc3)C2=O)c(OCc2ccc(Br)cc2)c1. The van der Waals surface area contributed by atoms with Gasteiger partial charge in [-0.15, -0.1) is 0 Å². The number of amides is 4. The fourth-order valence-electron chi connectivity index (χ4n) is 7.64. The number of rotatable bonds is 8. The quantitative estimate of drug-likeness (QED) is 0.126. The number of carbonyl (C=O) groups is 3. The average Bonchev–Trinajstić information content (AvgIpc) is 3.17. The zero-order valence-corrected chi connectivity index (χ0v) is 30.1. The Bertz CT molecular complexity index is 2130. The van der Waals surface area contributed by atoms with Crippen LogP contribution in [-0.4, -0.2) is 38.0 Å². The van der Waals surface area contributed by atoms with Crippen LogP contribution in [0.2, 0.25) is 0 Å². The minimum absolute atomic E-state index is 0.0741. The number of barbiturate groups is 1. The molecule has 3 aliphatic rings. The Hall–Kier alpha value is -5.67. The largest absolute Gasteiger partial charge is 0.497 e. The summed E-state index contributed by atoms with van der Waals surface area (Å²) in [6, 6.07) is 36.9. The van der Waals surface area contributed by atoms with E-state index in [-0.39, 0.29) is 24.0 Å². The van der Waals surface area contributed by atoms with E-state index in [9.17, 15) is 14.4 Å². The second-order valence-electron chi connectivity index (χ2n) is 13.2. The number of hydrogen-bond acceptors (Lipinski definition) is 6. The number of carbonyl (C=O) groups excluding carboxylic acids is 3. The van der Waals surface area contributed by atoms with Crippen LogP contribution in [0.3, 0.4) is 0 Å². The maximum atomic E-state index is 14.4. The molecule has 0 unspecified atom stereocenters. The number of imide groups is 2. The van der Waals surface area contributed by atoms with Gasteiger partial charge in [0.2, 0.25) is 0 Å². The molecule has 5 aromatic rings. The van der Waals surface area contributed by atoms with Gasteiger partial charge in [-0.25, -0.2) is 9.69 Å². The van der Waals surface area contributed by atoms with Crippen molar-refractivity contribution in [2.45, 2.75) is 31.3 Å². The van der Waals surface area contributed by atoms with Gasteiger partial charge in [-0.2, -0.15) is 0 Å². The summed E-state index contributed by atoms with van der Waals surface area (Å²) in [6.45, 7) is 2.08.